The lowest BCUT2D eigenvalue weighted by atomic mass is 10.1. The quantitative estimate of drug-likeness (QED) is 0.536. The Morgan fingerprint density at radius 1 is 1.07 bits per heavy atom. The Morgan fingerprint density at radius 2 is 1.90 bits per heavy atom. The Hall–Kier alpha value is -3.67. The highest BCUT2D eigenvalue weighted by Gasteiger charge is 2.27. The molecule has 0 aliphatic carbocycles. The Kier molecular flexibility index (Phi) is 4.05. The molecule has 1 aliphatic rings. The van der Waals surface area contributed by atoms with Crippen molar-refractivity contribution in [2.75, 3.05) is 7.11 Å². The average Bonchev–Trinajstić information content (AvgIpc) is 3.31. The molecule has 0 saturated heterocycles. The summed E-state index contributed by atoms with van der Waals surface area (Å²) in [4.78, 5) is 23.4. The van der Waals surface area contributed by atoms with Crippen molar-refractivity contribution in [1.82, 2.24) is 19.4 Å². The molecule has 5 rings (SSSR count). The first kappa shape index (κ1) is 17.4. The van der Waals surface area contributed by atoms with E-state index in [0.29, 0.717) is 13.1 Å². The van der Waals surface area contributed by atoms with Crippen LogP contribution in [-0.4, -0.2) is 32.5 Å². The van der Waals surface area contributed by atoms with E-state index in [0.717, 1.165) is 44.9 Å². The minimum absolute atomic E-state index is 0.0675. The summed E-state index contributed by atoms with van der Waals surface area (Å²) >= 11 is 0. The smallest absolute Gasteiger partial charge is 0.254 e. The van der Waals surface area contributed by atoms with Crippen LogP contribution in [0.4, 0.5) is 0 Å². The van der Waals surface area contributed by atoms with E-state index in [-0.39, 0.29) is 5.91 Å². The Bertz CT molecular complexity index is 1230. The third kappa shape index (κ3) is 2.93. The summed E-state index contributed by atoms with van der Waals surface area (Å²) in [6.07, 6.45) is 3.58. The van der Waals surface area contributed by atoms with E-state index >= 15 is 0 Å². The summed E-state index contributed by atoms with van der Waals surface area (Å²) in [5.41, 5.74) is 5.71. The first-order valence-corrected chi connectivity index (χ1v) is 9.48. The predicted octanol–water partition coefficient (Wildman–Crippen LogP) is 3.89. The predicted molar refractivity (Wildman–Crippen MR) is 110 cm³/mol. The molecule has 0 saturated carbocycles. The van der Waals surface area contributed by atoms with Crippen LogP contribution in [0.3, 0.4) is 0 Å². The van der Waals surface area contributed by atoms with Gasteiger partial charge in [-0.15, -0.1) is 0 Å². The summed E-state index contributed by atoms with van der Waals surface area (Å²) in [5, 5.41) is 1.03. The first-order chi connectivity index (χ1) is 14.1. The zero-order valence-corrected chi connectivity index (χ0v) is 16.3. The molecule has 0 fully saturated rings. The van der Waals surface area contributed by atoms with E-state index in [1.807, 2.05) is 65.1 Å². The van der Waals surface area contributed by atoms with E-state index in [2.05, 4.69) is 16.0 Å². The van der Waals surface area contributed by atoms with Gasteiger partial charge in [0.2, 0.25) is 0 Å². The maximum atomic E-state index is 12.9. The lowest BCUT2D eigenvalue weighted by molar-refractivity contribution is 0.0766. The van der Waals surface area contributed by atoms with Crippen LogP contribution >= 0.6 is 0 Å². The van der Waals surface area contributed by atoms with Crippen molar-refractivity contribution in [2.24, 2.45) is 0 Å². The second kappa shape index (κ2) is 6.74. The van der Waals surface area contributed by atoms with Gasteiger partial charge in [-0.05, 0) is 54.4 Å². The van der Waals surface area contributed by atoms with Crippen molar-refractivity contribution in [3.05, 3.63) is 83.4 Å². The van der Waals surface area contributed by atoms with Gasteiger partial charge in [-0.25, -0.2) is 9.97 Å². The molecule has 2 aromatic carbocycles. The van der Waals surface area contributed by atoms with Crippen molar-refractivity contribution in [2.45, 2.75) is 20.0 Å². The molecule has 29 heavy (non-hydrogen) atoms. The molecule has 0 radical (unpaired) electrons. The second-order valence-electron chi connectivity index (χ2n) is 7.23. The molecule has 4 aromatic rings. The molecule has 144 valence electrons. The molecule has 2 aromatic heterocycles. The lowest BCUT2D eigenvalue weighted by Gasteiger charge is -2.15. The van der Waals surface area contributed by atoms with Gasteiger partial charge in [0.25, 0.3) is 5.91 Å². The number of carbonyl (C=O) groups excluding carboxylic acids is 1. The van der Waals surface area contributed by atoms with Crippen molar-refractivity contribution in [3.8, 4) is 11.4 Å². The van der Waals surface area contributed by atoms with Crippen LogP contribution < -0.4 is 4.74 Å². The Labute approximate surface area is 168 Å². The molecule has 0 N–H and O–H groups in total. The Balaban J connectivity index is 1.44. The summed E-state index contributed by atoms with van der Waals surface area (Å²) in [6.45, 7) is 3.15. The third-order valence-electron chi connectivity index (χ3n) is 5.46. The highest BCUT2D eigenvalue weighted by Crippen LogP contribution is 2.28. The van der Waals surface area contributed by atoms with Crippen molar-refractivity contribution in [3.63, 3.8) is 0 Å². The molecule has 3 heterocycles. The zero-order valence-electron chi connectivity index (χ0n) is 16.3. The van der Waals surface area contributed by atoms with Gasteiger partial charge in [0.05, 0.1) is 12.8 Å². The van der Waals surface area contributed by atoms with Gasteiger partial charge < -0.3 is 14.2 Å². The monoisotopic (exact) mass is 384 g/mol. The number of aromatic nitrogens is 3. The normalized spacial score (nSPS) is 13.2. The number of rotatable bonds is 4. The van der Waals surface area contributed by atoms with Gasteiger partial charge in [-0.3, -0.25) is 4.79 Å². The molecule has 6 nitrogen and oxygen atoms in total. The number of aryl methyl sites for hydroxylation is 1. The maximum absolute atomic E-state index is 12.9. The van der Waals surface area contributed by atoms with Gasteiger partial charge >= 0.3 is 0 Å². The SMILES string of the molecule is COc1ccc(CN2Cc3cc(-n4ccc5c(C)ncnc54)ccc3C2=O)cc1. The van der Waals surface area contributed by atoms with Crippen molar-refractivity contribution < 1.29 is 9.53 Å². The zero-order chi connectivity index (χ0) is 20.0. The van der Waals surface area contributed by atoms with E-state index in [9.17, 15) is 4.79 Å². The molecule has 0 bridgehead atoms. The number of fused-ring (bicyclic) bond motifs is 2. The number of methoxy groups -OCH3 is 1. The number of ether oxygens (including phenoxy) is 1. The van der Waals surface area contributed by atoms with Gasteiger partial charge in [0.15, 0.2) is 0 Å². The molecular formula is C23H20N4O2. The lowest BCUT2D eigenvalue weighted by Crippen LogP contribution is -2.23. The molecule has 1 amide bonds. The van der Waals surface area contributed by atoms with Crippen LogP contribution in [0, 0.1) is 6.92 Å². The summed E-state index contributed by atoms with van der Waals surface area (Å²) < 4.78 is 7.25. The Morgan fingerprint density at radius 3 is 2.69 bits per heavy atom. The van der Waals surface area contributed by atoms with Gasteiger partial charge in [-0.1, -0.05) is 12.1 Å². The minimum atomic E-state index is 0.0675. The second-order valence-corrected chi connectivity index (χ2v) is 7.23. The van der Waals surface area contributed by atoms with Crippen LogP contribution in [0.5, 0.6) is 5.75 Å². The van der Waals surface area contributed by atoms with E-state index in [1.54, 1.807) is 13.4 Å². The number of hydrogen-bond acceptors (Lipinski definition) is 4. The number of benzene rings is 2. The average molecular weight is 384 g/mol. The summed E-state index contributed by atoms with van der Waals surface area (Å²) in [7, 11) is 1.65. The fourth-order valence-corrected chi connectivity index (χ4v) is 3.88. The number of hydrogen-bond donors (Lipinski definition) is 0. The molecule has 6 heteroatoms. The van der Waals surface area contributed by atoms with Crippen LogP contribution in [0.2, 0.25) is 0 Å². The van der Waals surface area contributed by atoms with Crippen LogP contribution in [0.25, 0.3) is 16.7 Å². The van der Waals surface area contributed by atoms with Crippen LogP contribution in [-0.2, 0) is 13.1 Å². The van der Waals surface area contributed by atoms with Gasteiger partial charge in [-0.2, -0.15) is 0 Å². The largest absolute Gasteiger partial charge is 0.497 e. The molecular weight excluding hydrogens is 364 g/mol. The molecule has 0 spiro atoms. The van der Waals surface area contributed by atoms with E-state index < -0.39 is 0 Å². The van der Waals surface area contributed by atoms with Crippen LogP contribution in [0.15, 0.2) is 61.1 Å². The summed E-state index contributed by atoms with van der Waals surface area (Å²) in [5.74, 6) is 0.880. The van der Waals surface area contributed by atoms with Crippen molar-refractivity contribution >= 4 is 16.9 Å². The van der Waals surface area contributed by atoms with Crippen molar-refractivity contribution in [1.29, 1.82) is 0 Å². The highest BCUT2D eigenvalue weighted by molar-refractivity contribution is 5.98. The van der Waals surface area contributed by atoms with Gasteiger partial charge in [0, 0.05) is 35.9 Å². The van der Waals surface area contributed by atoms with Crippen LogP contribution in [0.1, 0.15) is 27.2 Å². The standard InChI is InChI=1S/C23H20N4O2/c1-15-20-9-10-27(22(20)25-14-24-15)18-5-8-21-17(11-18)13-26(23(21)28)12-16-3-6-19(29-2)7-4-16/h3-11,14H,12-13H2,1-2H3. The number of nitrogens with zero attached hydrogens (tertiary/aromatic N) is 4. The maximum Gasteiger partial charge on any atom is 0.254 e. The third-order valence-corrected chi connectivity index (χ3v) is 5.46. The van der Waals surface area contributed by atoms with E-state index in [4.69, 9.17) is 4.74 Å². The van der Waals surface area contributed by atoms with Gasteiger partial charge in [0.1, 0.15) is 17.7 Å². The minimum Gasteiger partial charge on any atom is -0.497 e. The molecule has 0 atom stereocenters. The summed E-state index contributed by atoms with van der Waals surface area (Å²) in [6, 6.07) is 15.8. The fraction of sp³-hybridized carbons (Fsp3) is 0.174. The fourth-order valence-electron chi connectivity index (χ4n) is 3.88. The topological polar surface area (TPSA) is 60.2 Å². The molecule has 1 aliphatic heterocycles. The van der Waals surface area contributed by atoms with E-state index in [1.165, 1.54) is 0 Å². The number of amides is 1. The number of carbonyl (C=O) groups is 1. The first-order valence-electron chi connectivity index (χ1n) is 9.48. The molecule has 0 unspecified atom stereocenters. The highest BCUT2D eigenvalue weighted by atomic mass is 16.5.